The van der Waals surface area contributed by atoms with Gasteiger partial charge in [0.15, 0.2) is 17.2 Å². The molecule has 4 aromatic rings. The maximum absolute atomic E-state index is 6.43. The van der Waals surface area contributed by atoms with Crippen molar-refractivity contribution in [1.29, 1.82) is 0 Å². The van der Waals surface area contributed by atoms with Gasteiger partial charge in [-0.25, -0.2) is 9.97 Å². The van der Waals surface area contributed by atoms with Gasteiger partial charge >= 0.3 is 0 Å². The topological polar surface area (TPSA) is 73.7 Å². The molecule has 8 heteroatoms. The molecule has 0 unspecified atom stereocenters. The number of morpholine rings is 1. The maximum Gasteiger partial charge on any atom is 0.195 e. The molecule has 8 nitrogen and oxygen atoms in total. The van der Waals surface area contributed by atoms with Gasteiger partial charge in [-0.15, -0.1) is 0 Å². The molecule has 0 radical (unpaired) electrons. The molecule has 178 valence electrons. The molecule has 0 spiro atoms. The highest BCUT2D eigenvalue weighted by molar-refractivity contribution is 5.95. The molecule has 2 aliphatic heterocycles. The average Bonchev–Trinajstić information content (AvgIpc) is 3.50. The second-order valence-corrected chi connectivity index (χ2v) is 9.61. The lowest BCUT2D eigenvalue weighted by molar-refractivity contribution is 0.122. The highest BCUT2D eigenvalue weighted by Gasteiger charge is 2.24. The predicted octanol–water partition coefficient (Wildman–Crippen LogP) is 3.73. The Kier molecular flexibility index (Phi) is 5.72. The fourth-order valence-corrected chi connectivity index (χ4v) is 5.25. The number of nitrogens with zero attached hydrogens (tertiary/aromatic N) is 5. The fraction of sp³-hybridized carbons (Fsp3) is 0.462. The summed E-state index contributed by atoms with van der Waals surface area (Å²) in [6.45, 7) is 5.97. The van der Waals surface area contributed by atoms with Crippen LogP contribution in [-0.4, -0.2) is 84.3 Å². The molecule has 6 rings (SSSR count). The number of nitrogens with one attached hydrogen (secondary N) is 1. The Labute approximate surface area is 199 Å². The zero-order valence-corrected chi connectivity index (χ0v) is 20.0. The zero-order valence-electron chi connectivity index (χ0n) is 20.0. The first-order chi connectivity index (χ1) is 16.7. The van der Waals surface area contributed by atoms with Crippen molar-refractivity contribution < 1.29 is 9.15 Å². The molecular formula is C26H32N6O2. The SMILES string of the molecule is CN(C)C1CCN(Cc2cc3nc(-c4cccc5[nH]ccc45)nc(N4CCOCC4)c3o2)CC1. The normalized spacial score (nSPS) is 18.5. The van der Waals surface area contributed by atoms with Gasteiger partial charge < -0.3 is 23.9 Å². The van der Waals surface area contributed by atoms with Crippen LogP contribution in [0, 0.1) is 0 Å². The van der Waals surface area contributed by atoms with E-state index >= 15 is 0 Å². The number of piperidine rings is 1. The minimum atomic E-state index is 0.671. The van der Waals surface area contributed by atoms with Gasteiger partial charge in [-0.05, 0) is 39.1 Å². The number of H-pyrrole nitrogens is 1. The van der Waals surface area contributed by atoms with Gasteiger partial charge in [0.05, 0.1) is 19.8 Å². The van der Waals surface area contributed by atoms with Gasteiger partial charge in [-0.2, -0.15) is 0 Å². The van der Waals surface area contributed by atoms with Crippen LogP contribution < -0.4 is 4.90 Å². The minimum absolute atomic E-state index is 0.671. The van der Waals surface area contributed by atoms with Gasteiger partial charge in [0.25, 0.3) is 0 Å². The molecule has 34 heavy (non-hydrogen) atoms. The van der Waals surface area contributed by atoms with Crippen LogP contribution >= 0.6 is 0 Å². The molecule has 0 bridgehead atoms. The van der Waals surface area contributed by atoms with E-state index in [1.54, 1.807) is 0 Å². The molecule has 0 saturated carbocycles. The number of rotatable bonds is 5. The molecule has 0 aliphatic carbocycles. The summed E-state index contributed by atoms with van der Waals surface area (Å²) in [5.74, 6) is 2.56. The molecule has 2 aliphatic rings. The third kappa shape index (κ3) is 4.06. The molecule has 1 aromatic carbocycles. The quantitative estimate of drug-likeness (QED) is 0.486. The van der Waals surface area contributed by atoms with Crippen LogP contribution in [0.5, 0.6) is 0 Å². The Balaban J connectivity index is 1.37. The summed E-state index contributed by atoms with van der Waals surface area (Å²) in [7, 11) is 4.36. The lowest BCUT2D eigenvalue weighted by atomic mass is 10.0. The Morgan fingerprint density at radius 3 is 2.68 bits per heavy atom. The van der Waals surface area contributed by atoms with E-state index in [0.717, 1.165) is 77.7 Å². The standard InChI is InChI=1S/C26H32N6O2/c1-30(2)18-7-10-31(11-8-18)17-19-16-23-24(34-19)26(32-12-14-33-15-13-32)29-25(28-23)21-4-3-5-22-20(21)6-9-27-22/h3-6,9,16,18,27H,7-8,10-15,17H2,1-2H3. The molecular weight excluding hydrogens is 428 g/mol. The Morgan fingerprint density at radius 1 is 1.06 bits per heavy atom. The van der Waals surface area contributed by atoms with E-state index in [2.05, 4.69) is 58.0 Å². The zero-order chi connectivity index (χ0) is 23.1. The lowest BCUT2D eigenvalue weighted by Gasteiger charge is -2.34. The van der Waals surface area contributed by atoms with Gasteiger partial charge in [-0.3, -0.25) is 4.90 Å². The van der Waals surface area contributed by atoms with Crippen molar-refractivity contribution in [2.45, 2.75) is 25.4 Å². The third-order valence-corrected chi connectivity index (χ3v) is 7.22. The summed E-state index contributed by atoms with van der Waals surface area (Å²) in [5, 5.41) is 1.13. The number of furan rings is 1. The van der Waals surface area contributed by atoms with Crippen LogP contribution in [0.3, 0.4) is 0 Å². The first-order valence-electron chi connectivity index (χ1n) is 12.2. The van der Waals surface area contributed by atoms with Crippen molar-refractivity contribution in [2.24, 2.45) is 0 Å². The van der Waals surface area contributed by atoms with E-state index in [-0.39, 0.29) is 0 Å². The number of benzene rings is 1. The maximum atomic E-state index is 6.43. The molecule has 2 saturated heterocycles. The highest BCUT2D eigenvalue weighted by atomic mass is 16.5. The molecule has 2 fully saturated rings. The molecule has 0 amide bonds. The number of hydrogen-bond donors (Lipinski definition) is 1. The van der Waals surface area contributed by atoms with Crippen molar-refractivity contribution in [3.8, 4) is 11.4 Å². The van der Waals surface area contributed by atoms with Crippen molar-refractivity contribution in [2.75, 3.05) is 58.4 Å². The number of aromatic amines is 1. The summed E-state index contributed by atoms with van der Waals surface area (Å²) in [6.07, 6.45) is 4.35. The number of aromatic nitrogens is 3. The van der Waals surface area contributed by atoms with Crippen LogP contribution in [-0.2, 0) is 11.3 Å². The predicted molar refractivity (Wildman–Crippen MR) is 134 cm³/mol. The molecule has 1 N–H and O–H groups in total. The van der Waals surface area contributed by atoms with Crippen molar-refractivity contribution in [3.63, 3.8) is 0 Å². The number of anilines is 1. The second kappa shape index (κ2) is 9.02. The minimum Gasteiger partial charge on any atom is -0.454 e. The summed E-state index contributed by atoms with van der Waals surface area (Å²) >= 11 is 0. The smallest absolute Gasteiger partial charge is 0.195 e. The van der Waals surface area contributed by atoms with E-state index < -0.39 is 0 Å². The third-order valence-electron chi connectivity index (χ3n) is 7.22. The van der Waals surface area contributed by atoms with Crippen LogP contribution in [0.4, 0.5) is 5.82 Å². The lowest BCUT2D eigenvalue weighted by Crippen LogP contribution is -2.41. The van der Waals surface area contributed by atoms with E-state index in [4.69, 9.17) is 19.1 Å². The average molecular weight is 461 g/mol. The van der Waals surface area contributed by atoms with Crippen molar-refractivity contribution >= 4 is 27.8 Å². The summed E-state index contributed by atoms with van der Waals surface area (Å²) in [6, 6.07) is 11.1. The summed E-state index contributed by atoms with van der Waals surface area (Å²) < 4.78 is 12.0. The van der Waals surface area contributed by atoms with E-state index in [1.807, 2.05) is 12.3 Å². The monoisotopic (exact) mass is 460 g/mol. The number of fused-ring (bicyclic) bond motifs is 2. The number of likely N-dealkylation sites (tertiary alicyclic amines) is 1. The first-order valence-corrected chi connectivity index (χ1v) is 12.2. The Morgan fingerprint density at radius 2 is 1.88 bits per heavy atom. The number of ether oxygens (including phenoxy) is 1. The molecule has 0 atom stereocenters. The van der Waals surface area contributed by atoms with Gasteiger partial charge in [0, 0.05) is 61.0 Å². The largest absolute Gasteiger partial charge is 0.454 e. The van der Waals surface area contributed by atoms with Crippen molar-refractivity contribution in [1.82, 2.24) is 24.8 Å². The van der Waals surface area contributed by atoms with Crippen LogP contribution in [0.2, 0.25) is 0 Å². The Hall–Kier alpha value is -2.94. The van der Waals surface area contributed by atoms with Gasteiger partial charge in [0.1, 0.15) is 11.3 Å². The number of hydrogen-bond acceptors (Lipinski definition) is 7. The van der Waals surface area contributed by atoms with Crippen LogP contribution in [0.1, 0.15) is 18.6 Å². The summed E-state index contributed by atoms with van der Waals surface area (Å²) in [5.41, 5.74) is 3.77. The van der Waals surface area contributed by atoms with Gasteiger partial charge in [0.2, 0.25) is 0 Å². The van der Waals surface area contributed by atoms with Crippen LogP contribution in [0.15, 0.2) is 40.9 Å². The summed E-state index contributed by atoms with van der Waals surface area (Å²) in [4.78, 5) is 20.4. The first kappa shape index (κ1) is 21.6. The molecule has 5 heterocycles. The van der Waals surface area contributed by atoms with Gasteiger partial charge in [-0.1, -0.05) is 12.1 Å². The van der Waals surface area contributed by atoms with E-state index in [9.17, 15) is 0 Å². The van der Waals surface area contributed by atoms with E-state index in [0.29, 0.717) is 19.3 Å². The Bertz CT molecular complexity index is 1280. The second-order valence-electron chi connectivity index (χ2n) is 9.61. The van der Waals surface area contributed by atoms with Crippen molar-refractivity contribution in [3.05, 3.63) is 42.3 Å². The fourth-order valence-electron chi connectivity index (χ4n) is 5.25. The van der Waals surface area contributed by atoms with E-state index in [1.165, 1.54) is 12.8 Å². The highest BCUT2D eigenvalue weighted by Crippen LogP contribution is 2.33. The van der Waals surface area contributed by atoms with Crippen LogP contribution in [0.25, 0.3) is 33.4 Å². The molecule has 3 aromatic heterocycles.